The Morgan fingerprint density at radius 3 is 2.44 bits per heavy atom. The fraction of sp³-hybridized carbons (Fsp3) is 0.800. The van der Waals surface area contributed by atoms with Gasteiger partial charge < -0.3 is 5.32 Å². The molecule has 0 fully saturated rings. The molecule has 0 aliphatic carbocycles. The molecule has 1 N–H and O–H groups in total. The predicted molar refractivity (Wildman–Crippen MR) is 77.6 cm³/mol. The third-order valence-electron chi connectivity index (χ3n) is 3.77. The van der Waals surface area contributed by atoms with Crippen LogP contribution in [-0.4, -0.2) is 22.9 Å². The molecule has 0 saturated heterocycles. The highest BCUT2D eigenvalue weighted by molar-refractivity contribution is 5.00. The number of aromatic nitrogens is 2. The summed E-state index contributed by atoms with van der Waals surface area (Å²) in [6, 6.07) is 2.12. The first-order chi connectivity index (χ1) is 8.50. The zero-order valence-electron chi connectivity index (χ0n) is 12.6. The summed E-state index contributed by atoms with van der Waals surface area (Å²) in [4.78, 5) is 0. The smallest absolute Gasteiger partial charge is 0.0492 e. The van der Waals surface area contributed by atoms with Gasteiger partial charge in [0.25, 0.3) is 0 Å². The van der Waals surface area contributed by atoms with Crippen LogP contribution in [0, 0.1) is 17.8 Å². The SMILES string of the molecule is CC(C)CNCC(C)C(C)CCc1ccnn1C. The minimum atomic E-state index is 0.733. The first kappa shape index (κ1) is 15.2. The molecule has 0 bridgehead atoms. The lowest BCUT2D eigenvalue weighted by molar-refractivity contribution is 0.339. The van der Waals surface area contributed by atoms with E-state index in [1.165, 1.54) is 12.1 Å². The second-order valence-electron chi connectivity index (χ2n) is 5.99. The van der Waals surface area contributed by atoms with Gasteiger partial charge in [-0.05, 0) is 49.8 Å². The van der Waals surface area contributed by atoms with Crippen molar-refractivity contribution in [2.45, 2.75) is 40.5 Å². The molecule has 0 radical (unpaired) electrons. The molecule has 0 aliphatic heterocycles. The largest absolute Gasteiger partial charge is 0.316 e. The van der Waals surface area contributed by atoms with E-state index in [0.29, 0.717) is 0 Å². The van der Waals surface area contributed by atoms with Gasteiger partial charge in [0.1, 0.15) is 0 Å². The Morgan fingerprint density at radius 1 is 1.17 bits per heavy atom. The van der Waals surface area contributed by atoms with E-state index in [2.05, 4.69) is 44.2 Å². The molecule has 0 aliphatic rings. The van der Waals surface area contributed by atoms with Crippen LogP contribution in [0.5, 0.6) is 0 Å². The topological polar surface area (TPSA) is 29.9 Å². The molecule has 2 atom stereocenters. The number of rotatable bonds is 8. The van der Waals surface area contributed by atoms with Crippen molar-refractivity contribution in [2.24, 2.45) is 24.8 Å². The normalized spacial score (nSPS) is 15.0. The lowest BCUT2D eigenvalue weighted by Crippen LogP contribution is -2.28. The summed E-state index contributed by atoms with van der Waals surface area (Å²) in [6.07, 6.45) is 4.25. The van der Waals surface area contributed by atoms with Crippen LogP contribution in [0.2, 0.25) is 0 Å². The summed E-state index contributed by atoms with van der Waals surface area (Å²) in [5.74, 6) is 2.22. The maximum absolute atomic E-state index is 4.21. The summed E-state index contributed by atoms with van der Waals surface area (Å²) in [7, 11) is 2.02. The van der Waals surface area contributed by atoms with E-state index >= 15 is 0 Å². The van der Waals surface area contributed by atoms with Gasteiger partial charge >= 0.3 is 0 Å². The fourth-order valence-electron chi connectivity index (χ4n) is 2.11. The molecule has 2 unspecified atom stereocenters. The van der Waals surface area contributed by atoms with Crippen molar-refractivity contribution in [1.82, 2.24) is 15.1 Å². The first-order valence-electron chi connectivity index (χ1n) is 7.18. The van der Waals surface area contributed by atoms with Crippen molar-refractivity contribution < 1.29 is 0 Å². The molecule has 0 amide bonds. The molecular weight excluding hydrogens is 222 g/mol. The average Bonchev–Trinajstić information content (AvgIpc) is 2.71. The highest BCUT2D eigenvalue weighted by Crippen LogP contribution is 2.17. The quantitative estimate of drug-likeness (QED) is 0.770. The monoisotopic (exact) mass is 251 g/mol. The zero-order valence-corrected chi connectivity index (χ0v) is 12.6. The molecule has 1 aromatic heterocycles. The standard InChI is InChI=1S/C15H29N3/c1-12(2)10-16-11-14(4)13(3)6-7-15-8-9-17-18(15)5/h8-9,12-14,16H,6-7,10-11H2,1-5H3. The van der Waals surface area contributed by atoms with Crippen LogP contribution in [0.4, 0.5) is 0 Å². The Labute approximate surface area is 112 Å². The van der Waals surface area contributed by atoms with Crippen LogP contribution in [0.25, 0.3) is 0 Å². The molecule has 3 heteroatoms. The van der Waals surface area contributed by atoms with E-state index in [4.69, 9.17) is 0 Å². The lowest BCUT2D eigenvalue weighted by Gasteiger charge is -2.21. The van der Waals surface area contributed by atoms with Gasteiger partial charge in [-0.15, -0.1) is 0 Å². The van der Waals surface area contributed by atoms with Crippen molar-refractivity contribution in [2.75, 3.05) is 13.1 Å². The molecule has 1 heterocycles. The van der Waals surface area contributed by atoms with Gasteiger partial charge in [-0.2, -0.15) is 5.10 Å². The van der Waals surface area contributed by atoms with E-state index in [1.807, 2.05) is 17.9 Å². The van der Waals surface area contributed by atoms with Gasteiger partial charge in [0.15, 0.2) is 0 Å². The van der Waals surface area contributed by atoms with E-state index in [-0.39, 0.29) is 0 Å². The third kappa shape index (κ3) is 5.21. The minimum absolute atomic E-state index is 0.733. The van der Waals surface area contributed by atoms with Crippen molar-refractivity contribution in [1.29, 1.82) is 0 Å². The molecule has 1 aromatic rings. The number of hydrogen-bond acceptors (Lipinski definition) is 2. The van der Waals surface area contributed by atoms with Gasteiger partial charge in [0, 0.05) is 18.9 Å². The second-order valence-corrected chi connectivity index (χ2v) is 5.99. The Hall–Kier alpha value is -0.830. The van der Waals surface area contributed by atoms with Gasteiger partial charge in [-0.1, -0.05) is 27.7 Å². The maximum Gasteiger partial charge on any atom is 0.0492 e. The van der Waals surface area contributed by atoms with Crippen LogP contribution in [0.1, 0.15) is 39.8 Å². The zero-order chi connectivity index (χ0) is 13.5. The molecule has 18 heavy (non-hydrogen) atoms. The van der Waals surface area contributed by atoms with E-state index in [1.54, 1.807) is 0 Å². The van der Waals surface area contributed by atoms with Crippen molar-refractivity contribution in [3.8, 4) is 0 Å². The van der Waals surface area contributed by atoms with Crippen molar-refractivity contribution in [3.05, 3.63) is 18.0 Å². The Kier molecular flexibility index (Phi) is 6.41. The van der Waals surface area contributed by atoms with Crippen LogP contribution in [0.15, 0.2) is 12.3 Å². The van der Waals surface area contributed by atoms with Crippen molar-refractivity contribution >= 4 is 0 Å². The number of nitrogens with one attached hydrogen (secondary N) is 1. The third-order valence-corrected chi connectivity index (χ3v) is 3.77. The number of nitrogens with zero attached hydrogens (tertiary/aromatic N) is 2. The second kappa shape index (κ2) is 7.57. The Balaban J connectivity index is 2.23. The van der Waals surface area contributed by atoms with E-state index in [9.17, 15) is 0 Å². The van der Waals surface area contributed by atoms with E-state index in [0.717, 1.165) is 37.3 Å². The summed E-state index contributed by atoms with van der Waals surface area (Å²) in [5, 5.41) is 7.77. The van der Waals surface area contributed by atoms with Crippen LogP contribution >= 0.6 is 0 Å². The fourth-order valence-corrected chi connectivity index (χ4v) is 2.11. The summed E-state index contributed by atoms with van der Waals surface area (Å²) in [5.41, 5.74) is 1.34. The molecule has 0 saturated carbocycles. The van der Waals surface area contributed by atoms with E-state index < -0.39 is 0 Å². The summed E-state index contributed by atoms with van der Waals surface area (Å²) < 4.78 is 1.98. The Morgan fingerprint density at radius 2 is 1.89 bits per heavy atom. The Bertz CT molecular complexity index is 330. The van der Waals surface area contributed by atoms with Crippen LogP contribution in [-0.2, 0) is 13.5 Å². The highest BCUT2D eigenvalue weighted by atomic mass is 15.2. The maximum atomic E-state index is 4.21. The van der Waals surface area contributed by atoms with Gasteiger partial charge in [0.2, 0.25) is 0 Å². The molecule has 1 rings (SSSR count). The molecule has 0 spiro atoms. The summed E-state index contributed by atoms with van der Waals surface area (Å²) >= 11 is 0. The van der Waals surface area contributed by atoms with Crippen LogP contribution < -0.4 is 5.32 Å². The molecule has 0 aromatic carbocycles. The van der Waals surface area contributed by atoms with Gasteiger partial charge in [-0.25, -0.2) is 0 Å². The number of hydrogen-bond donors (Lipinski definition) is 1. The highest BCUT2D eigenvalue weighted by Gasteiger charge is 2.12. The molecular formula is C15H29N3. The van der Waals surface area contributed by atoms with Crippen LogP contribution in [0.3, 0.4) is 0 Å². The predicted octanol–water partition coefficient (Wildman–Crippen LogP) is 2.87. The number of aryl methyl sites for hydroxylation is 2. The van der Waals surface area contributed by atoms with Gasteiger partial charge in [-0.3, -0.25) is 4.68 Å². The minimum Gasteiger partial charge on any atom is -0.316 e. The molecule has 3 nitrogen and oxygen atoms in total. The average molecular weight is 251 g/mol. The first-order valence-corrected chi connectivity index (χ1v) is 7.18. The van der Waals surface area contributed by atoms with Crippen molar-refractivity contribution in [3.63, 3.8) is 0 Å². The molecule has 104 valence electrons. The van der Waals surface area contributed by atoms with Gasteiger partial charge in [0.05, 0.1) is 0 Å². The lowest BCUT2D eigenvalue weighted by atomic mass is 9.91. The summed E-state index contributed by atoms with van der Waals surface area (Å²) in [6.45, 7) is 11.5.